The van der Waals surface area contributed by atoms with E-state index in [4.69, 9.17) is 27.9 Å². The van der Waals surface area contributed by atoms with E-state index in [1.165, 1.54) is 23.1 Å². The number of halogens is 3. The smallest absolute Gasteiger partial charge is 0.236 e. The van der Waals surface area contributed by atoms with Crippen molar-refractivity contribution in [1.82, 2.24) is 19.7 Å². The average Bonchev–Trinajstić information content (AvgIpc) is 3.41. The van der Waals surface area contributed by atoms with Crippen molar-refractivity contribution in [2.75, 3.05) is 11.1 Å². The molecule has 0 spiro atoms. The van der Waals surface area contributed by atoms with Gasteiger partial charge in [-0.25, -0.2) is 4.98 Å². The lowest BCUT2D eigenvalue weighted by atomic mass is 10.2. The molecule has 0 saturated carbocycles. The fourth-order valence-corrected chi connectivity index (χ4v) is 5.16. The molecule has 2 aromatic heterocycles. The Labute approximate surface area is 223 Å². The number of hydrogen-bond acceptors (Lipinski definition) is 7. The molecular weight excluding hydrogens is 581 g/mol. The minimum atomic E-state index is -0.410. The topological polar surface area (TPSA) is 81.9 Å². The van der Waals surface area contributed by atoms with Gasteiger partial charge in [-0.3, -0.25) is 4.79 Å². The van der Waals surface area contributed by atoms with Gasteiger partial charge in [-0.05, 0) is 37.3 Å². The zero-order chi connectivity index (χ0) is 24.2. The van der Waals surface area contributed by atoms with Crippen molar-refractivity contribution in [3.05, 3.63) is 68.2 Å². The van der Waals surface area contributed by atoms with Gasteiger partial charge in [-0.2, -0.15) is 0 Å². The van der Waals surface area contributed by atoms with Crippen molar-refractivity contribution in [2.45, 2.75) is 18.2 Å². The number of thioether (sulfide) groups is 1. The Morgan fingerprint density at radius 1 is 1.24 bits per heavy atom. The Kier molecular flexibility index (Phi) is 8.15. The van der Waals surface area contributed by atoms with Crippen molar-refractivity contribution in [3.63, 3.8) is 0 Å². The molecule has 0 aliphatic heterocycles. The summed E-state index contributed by atoms with van der Waals surface area (Å²) in [5.41, 5.74) is 1.80. The number of nitrogens with zero attached hydrogens (tertiary/aromatic N) is 4. The maximum Gasteiger partial charge on any atom is 0.236 e. The summed E-state index contributed by atoms with van der Waals surface area (Å²) < 4.78 is 8.71. The largest absolute Gasteiger partial charge is 0.481 e. The predicted molar refractivity (Wildman–Crippen MR) is 141 cm³/mol. The second-order valence-corrected chi connectivity index (χ2v) is 10.7. The van der Waals surface area contributed by atoms with E-state index in [1.54, 1.807) is 22.8 Å². The quantitative estimate of drug-likeness (QED) is 0.223. The molecule has 7 nitrogen and oxygen atoms in total. The first-order valence-corrected chi connectivity index (χ1v) is 13.4. The molecule has 0 aliphatic rings. The number of carbonyl (C=O) groups excluding carboxylic acids is 1. The molecule has 2 aromatic carbocycles. The lowest BCUT2D eigenvalue weighted by Crippen LogP contribution is -2.14. The lowest BCUT2D eigenvalue weighted by molar-refractivity contribution is -0.113. The van der Waals surface area contributed by atoms with Crippen molar-refractivity contribution >= 4 is 73.3 Å². The summed E-state index contributed by atoms with van der Waals surface area (Å²) in [7, 11) is 1.82. The molecule has 12 heteroatoms. The Bertz CT molecular complexity index is 1310. The number of hydrogen-bond donors (Lipinski definition) is 1. The SMILES string of the molecule is CC(Oc1ccc(Cl)cc1Cl)c1nnc(SCC(=O)Nc2nc(-c3ccc(Br)cc3)cs2)n1C. The van der Waals surface area contributed by atoms with Crippen LogP contribution in [0.3, 0.4) is 0 Å². The molecule has 176 valence electrons. The van der Waals surface area contributed by atoms with E-state index in [0.29, 0.717) is 31.9 Å². The summed E-state index contributed by atoms with van der Waals surface area (Å²) in [6.45, 7) is 1.85. The fraction of sp³-hybridized carbons (Fsp3) is 0.182. The molecule has 1 N–H and O–H groups in total. The highest BCUT2D eigenvalue weighted by Gasteiger charge is 2.19. The number of thiazole rings is 1. The van der Waals surface area contributed by atoms with Crippen molar-refractivity contribution in [2.24, 2.45) is 7.05 Å². The van der Waals surface area contributed by atoms with Crippen LogP contribution in [0.1, 0.15) is 18.9 Å². The number of nitrogens with one attached hydrogen (secondary N) is 1. The van der Waals surface area contributed by atoms with Crippen LogP contribution >= 0.6 is 62.2 Å². The second kappa shape index (κ2) is 11.1. The van der Waals surface area contributed by atoms with Gasteiger partial charge in [0.15, 0.2) is 22.2 Å². The van der Waals surface area contributed by atoms with Gasteiger partial charge in [0.05, 0.1) is 16.5 Å². The molecule has 0 fully saturated rings. The summed E-state index contributed by atoms with van der Waals surface area (Å²) in [6, 6.07) is 12.9. The lowest BCUT2D eigenvalue weighted by Gasteiger charge is -2.15. The Balaban J connectivity index is 1.33. The summed E-state index contributed by atoms with van der Waals surface area (Å²) in [5, 5.41) is 15.2. The summed E-state index contributed by atoms with van der Waals surface area (Å²) in [5.74, 6) is 1.09. The van der Waals surface area contributed by atoms with Gasteiger partial charge in [-0.15, -0.1) is 21.5 Å². The zero-order valence-corrected chi connectivity index (χ0v) is 22.7. The number of aromatic nitrogens is 4. The monoisotopic (exact) mass is 597 g/mol. The maximum absolute atomic E-state index is 12.5. The van der Waals surface area contributed by atoms with Crippen molar-refractivity contribution in [3.8, 4) is 17.0 Å². The number of anilines is 1. The van der Waals surface area contributed by atoms with Gasteiger partial charge in [0.1, 0.15) is 5.75 Å². The van der Waals surface area contributed by atoms with E-state index in [1.807, 2.05) is 43.6 Å². The highest BCUT2D eigenvalue weighted by atomic mass is 79.9. The second-order valence-electron chi connectivity index (χ2n) is 7.12. The summed E-state index contributed by atoms with van der Waals surface area (Å²) in [4.78, 5) is 17.0. The molecule has 4 rings (SSSR count). The molecule has 4 aromatic rings. The Morgan fingerprint density at radius 2 is 2.00 bits per heavy atom. The maximum atomic E-state index is 12.5. The van der Waals surface area contributed by atoms with Crippen LogP contribution in [0, 0.1) is 0 Å². The highest BCUT2D eigenvalue weighted by Crippen LogP contribution is 2.31. The van der Waals surface area contributed by atoms with Gasteiger partial charge in [0, 0.05) is 27.5 Å². The van der Waals surface area contributed by atoms with Crippen LogP contribution in [0.25, 0.3) is 11.3 Å². The Morgan fingerprint density at radius 3 is 2.74 bits per heavy atom. The number of carbonyl (C=O) groups is 1. The minimum absolute atomic E-state index is 0.164. The van der Waals surface area contributed by atoms with Gasteiger partial charge in [0.2, 0.25) is 5.91 Å². The summed E-state index contributed by atoms with van der Waals surface area (Å²) >= 11 is 18.2. The minimum Gasteiger partial charge on any atom is -0.481 e. The van der Waals surface area contributed by atoms with E-state index in [2.05, 4.69) is 36.4 Å². The first-order chi connectivity index (χ1) is 16.3. The van der Waals surface area contributed by atoms with Gasteiger partial charge in [0.25, 0.3) is 0 Å². The van der Waals surface area contributed by atoms with Crippen molar-refractivity contribution < 1.29 is 9.53 Å². The first-order valence-electron chi connectivity index (χ1n) is 9.95. The third kappa shape index (κ3) is 6.11. The molecule has 0 radical (unpaired) electrons. The Hall–Kier alpha value is -2.11. The molecule has 2 heterocycles. The van der Waals surface area contributed by atoms with Crippen LogP contribution in [0.4, 0.5) is 5.13 Å². The number of ether oxygens (including phenoxy) is 1. The number of rotatable bonds is 8. The standard InChI is InChI=1S/C22H18BrCl2N5O2S2/c1-12(32-18-8-7-15(24)9-16(18)25)20-28-29-22(30(20)2)34-11-19(31)27-21-26-17(10-33-21)13-3-5-14(23)6-4-13/h3-10,12H,11H2,1-2H3,(H,26,27,31). The molecule has 1 atom stereocenters. The molecule has 34 heavy (non-hydrogen) atoms. The van der Waals surface area contributed by atoms with E-state index in [0.717, 1.165) is 15.7 Å². The molecule has 1 amide bonds. The third-order valence-electron chi connectivity index (χ3n) is 4.65. The number of amides is 1. The van der Waals surface area contributed by atoms with Crippen LogP contribution in [0.15, 0.2) is 57.5 Å². The molecular formula is C22H18BrCl2N5O2S2. The van der Waals surface area contributed by atoms with Gasteiger partial charge < -0.3 is 14.6 Å². The van der Waals surface area contributed by atoms with Crippen LogP contribution in [-0.2, 0) is 11.8 Å². The summed E-state index contributed by atoms with van der Waals surface area (Å²) in [6.07, 6.45) is -0.410. The van der Waals surface area contributed by atoms with Gasteiger partial charge in [-0.1, -0.05) is 63.0 Å². The normalized spacial score (nSPS) is 11.9. The molecule has 0 bridgehead atoms. The highest BCUT2D eigenvalue weighted by molar-refractivity contribution is 9.10. The predicted octanol–water partition coefficient (Wildman–Crippen LogP) is 6.88. The molecule has 0 aliphatic carbocycles. The van der Waals surface area contributed by atoms with Crippen LogP contribution in [0.2, 0.25) is 10.0 Å². The third-order valence-corrected chi connectivity index (χ3v) is 7.49. The van der Waals surface area contributed by atoms with Crippen molar-refractivity contribution in [1.29, 1.82) is 0 Å². The van der Waals surface area contributed by atoms with E-state index >= 15 is 0 Å². The molecule has 1 unspecified atom stereocenters. The number of benzene rings is 2. The van der Waals surface area contributed by atoms with E-state index in [9.17, 15) is 4.79 Å². The average molecular weight is 599 g/mol. The van der Waals surface area contributed by atoms with Crippen LogP contribution in [-0.4, -0.2) is 31.4 Å². The molecule has 0 saturated heterocycles. The first kappa shape index (κ1) is 25.0. The van der Waals surface area contributed by atoms with Crippen LogP contribution in [0.5, 0.6) is 5.75 Å². The van der Waals surface area contributed by atoms with E-state index in [-0.39, 0.29) is 11.7 Å². The van der Waals surface area contributed by atoms with Gasteiger partial charge >= 0.3 is 0 Å². The fourth-order valence-electron chi connectivity index (χ4n) is 2.99. The van der Waals surface area contributed by atoms with Crippen LogP contribution < -0.4 is 10.1 Å². The zero-order valence-electron chi connectivity index (χ0n) is 18.0. The van der Waals surface area contributed by atoms with E-state index < -0.39 is 6.10 Å².